The van der Waals surface area contributed by atoms with E-state index in [-0.39, 0.29) is 5.82 Å². The first-order valence-corrected chi connectivity index (χ1v) is 6.51. The number of aromatic nitrogens is 2. The van der Waals surface area contributed by atoms with Gasteiger partial charge < -0.3 is 14.8 Å². The predicted molar refractivity (Wildman–Crippen MR) is 84.2 cm³/mol. The summed E-state index contributed by atoms with van der Waals surface area (Å²) in [5.41, 5.74) is -1.21. The van der Waals surface area contributed by atoms with Crippen molar-refractivity contribution in [2.24, 2.45) is 0 Å². The Labute approximate surface area is 130 Å². The number of hydrogen-bond acceptors (Lipinski definition) is 6. The van der Waals surface area contributed by atoms with Gasteiger partial charge in [0, 0.05) is 0 Å². The summed E-state index contributed by atoms with van der Waals surface area (Å²) >= 11 is 0. The lowest BCUT2D eigenvalue weighted by Gasteiger charge is -2.02. The number of rotatable bonds is 6. The lowest BCUT2D eigenvalue weighted by Crippen LogP contribution is -2.14. The lowest BCUT2D eigenvalue weighted by atomic mass is 10.2. The quantitative estimate of drug-likeness (QED) is 0.479. The Morgan fingerprint density at radius 2 is 2.04 bits per heavy atom. The molecule has 2 N–H and O–H groups in total. The van der Waals surface area contributed by atoms with E-state index in [1.807, 2.05) is 0 Å². The van der Waals surface area contributed by atoms with Crippen LogP contribution in [0.1, 0.15) is 11.4 Å². The van der Waals surface area contributed by atoms with Crippen molar-refractivity contribution in [3.63, 3.8) is 0 Å². The number of nitrogens with zero attached hydrogens (tertiary/aromatic N) is 2. The van der Waals surface area contributed by atoms with E-state index in [0.717, 1.165) is 5.56 Å². The Morgan fingerprint density at radius 3 is 2.61 bits per heavy atom. The molecule has 118 valence electrons. The second kappa shape index (κ2) is 7.03. The van der Waals surface area contributed by atoms with Gasteiger partial charge in [-0.15, -0.1) is 0 Å². The summed E-state index contributed by atoms with van der Waals surface area (Å²) in [6.07, 6.45) is 4.68. The lowest BCUT2D eigenvalue weighted by molar-refractivity contribution is -0.387. The number of nitrogens with one attached hydrogen (secondary N) is 1. The molecule has 0 aliphatic heterocycles. The van der Waals surface area contributed by atoms with Gasteiger partial charge in [0.15, 0.2) is 0 Å². The van der Waals surface area contributed by atoms with E-state index in [1.54, 1.807) is 36.4 Å². The molecule has 0 atom stereocenters. The van der Waals surface area contributed by atoms with Crippen LogP contribution in [0.2, 0.25) is 0 Å². The molecular formula is C15H13N3O5. The molecule has 2 aromatic rings. The Bertz CT molecular complexity index is 809. The van der Waals surface area contributed by atoms with Crippen molar-refractivity contribution >= 4 is 17.8 Å². The van der Waals surface area contributed by atoms with Crippen LogP contribution >= 0.6 is 0 Å². The molecule has 0 aliphatic carbocycles. The van der Waals surface area contributed by atoms with Crippen molar-refractivity contribution < 1.29 is 14.8 Å². The average molecular weight is 315 g/mol. The summed E-state index contributed by atoms with van der Waals surface area (Å²) in [5, 5.41) is 20.0. The minimum atomic E-state index is -1.02. The fraction of sp³-hybridized carbons (Fsp3) is 0.0667. The Morgan fingerprint density at radius 1 is 1.35 bits per heavy atom. The molecule has 0 saturated heterocycles. The zero-order valence-electron chi connectivity index (χ0n) is 11.9. The molecule has 0 radical (unpaired) electrons. The van der Waals surface area contributed by atoms with Crippen LogP contribution < -0.4 is 10.3 Å². The van der Waals surface area contributed by atoms with Crippen molar-refractivity contribution in [3.8, 4) is 11.6 Å². The van der Waals surface area contributed by atoms with Crippen molar-refractivity contribution in [1.82, 2.24) is 9.97 Å². The van der Waals surface area contributed by atoms with Gasteiger partial charge >= 0.3 is 11.2 Å². The Kier molecular flexibility index (Phi) is 4.88. The monoisotopic (exact) mass is 315 g/mol. The maximum absolute atomic E-state index is 11.5. The van der Waals surface area contributed by atoms with Crippen molar-refractivity contribution in [2.75, 3.05) is 6.61 Å². The van der Waals surface area contributed by atoms with Crippen LogP contribution in [0.5, 0.6) is 11.6 Å². The summed E-state index contributed by atoms with van der Waals surface area (Å²) < 4.78 is 5.34. The van der Waals surface area contributed by atoms with Crippen molar-refractivity contribution in [2.45, 2.75) is 0 Å². The topological polar surface area (TPSA) is 118 Å². The van der Waals surface area contributed by atoms with Crippen LogP contribution in [-0.2, 0) is 0 Å². The van der Waals surface area contributed by atoms with Crippen molar-refractivity contribution in [1.29, 1.82) is 0 Å². The highest BCUT2D eigenvalue weighted by Gasteiger charge is 2.21. The molecule has 0 unspecified atom stereocenters. The molecule has 0 saturated carbocycles. The normalized spacial score (nSPS) is 10.6. The summed E-state index contributed by atoms with van der Waals surface area (Å²) in [4.78, 5) is 26.9. The minimum Gasteiger partial charge on any atom is -0.490 e. The molecule has 8 nitrogen and oxygen atoms in total. The molecule has 0 bridgehead atoms. The van der Waals surface area contributed by atoms with Gasteiger partial charge in [-0.3, -0.25) is 14.9 Å². The number of H-pyrrole nitrogens is 1. The number of benzene rings is 1. The second-order valence-corrected chi connectivity index (χ2v) is 4.38. The molecule has 0 fully saturated rings. The van der Waals surface area contributed by atoms with Crippen molar-refractivity contribution in [3.05, 3.63) is 68.8 Å². The van der Waals surface area contributed by atoms with Gasteiger partial charge in [-0.05, 0) is 23.8 Å². The first-order valence-electron chi connectivity index (χ1n) is 6.51. The zero-order valence-corrected chi connectivity index (χ0v) is 11.9. The van der Waals surface area contributed by atoms with Crippen LogP contribution in [0.3, 0.4) is 0 Å². The maximum Gasteiger partial charge on any atom is 0.395 e. The largest absolute Gasteiger partial charge is 0.490 e. The third kappa shape index (κ3) is 4.03. The fourth-order valence-electron chi connectivity index (χ4n) is 1.72. The molecule has 1 aromatic carbocycles. The smallest absolute Gasteiger partial charge is 0.395 e. The van der Waals surface area contributed by atoms with Gasteiger partial charge in [0.1, 0.15) is 18.2 Å². The number of hydrogen-bond donors (Lipinski definition) is 2. The van der Waals surface area contributed by atoms with Gasteiger partial charge in [0.2, 0.25) is 0 Å². The minimum absolute atomic E-state index is 0.00471. The summed E-state index contributed by atoms with van der Waals surface area (Å²) in [5.74, 6) is -0.238. The average Bonchev–Trinajstić information content (AvgIpc) is 2.51. The third-order valence-electron chi connectivity index (χ3n) is 2.76. The highest BCUT2D eigenvalue weighted by molar-refractivity contribution is 5.67. The number of nitro groups is 1. The molecule has 0 spiro atoms. The first-order chi connectivity index (χ1) is 11.0. The molecule has 1 heterocycles. The second-order valence-electron chi connectivity index (χ2n) is 4.38. The Hall–Kier alpha value is -3.42. The highest BCUT2D eigenvalue weighted by Crippen LogP contribution is 2.18. The van der Waals surface area contributed by atoms with E-state index in [1.165, 1.54) is 6.08 Å². The standard InChI is InChI=1S/C15H13N3O5/c1-2-9-23-11-6-3-10(4-7-11)5-8-12-16-14(19)13(18(21)22)15(20)17-12/h2-8H,1,9H2,(H2,16,17,19,20)/b8-5+. The van der Waals surface area contributed by atoms with Gasteiger partial charge in [-0.1, -0.05) is 30.9 Å². The highest BCUT2D eigenvalue weighted by atomic mass is 16.6. The molecular weight excluding hydrogens is 302 g/mol. The van der Waals surface area contributed by atoms with Gasteiger partial charge in [0.05, 0.1) is 4.92 Å². The Balaban J connectivity index is 2.18. The number of aromatic amines is 1. The molecule has 8 heteroatoms. The van der Waals surface area contributed by atoms with Gasteiger partial charge in [-0.25, -0.2) is 0 Å². The number of aromatic hydroxyl groups is 1. The van der Waals surface area contributed by atoms with Crippen LogP contribution in [0, 0.1) is 10.1 Å². The van der Waals surface area contributed by atoms with Crippen LogP contribution in [0.15, 0.2) is 41.7 Å². The van der Waals surface area contributed by atoms with E-state index in [9.17, 15) is 20.0 Å². The zero-order chi connectivity index (χ0) is 16.8. The summed E-state index contributed by atoms with van der Waals surface area (Å²) in [7, 11) is 0. The molecule has 23 heavy (non-hydrogen) atoms. The third-order valence-corrected chi connectivity index (χ3v) is 2.76. The van der Waals surface area contributed by atoms with Gasteiger partial charge in [0.25, 0.3) is 5.88 Å². The molecule has 0 amide bonds. The van der Waals surface area contributed by atoms with E-state index in [0.29, 0.717) is 12.4 Å². The van der Waals surface area contributed by atoms with E-state index < -0.39 is 22.0 Å². The summed E-state index contributed by atoms with van der Waals surface area (Å²) in [6, 6.07) is 7.07. The predicted octanol–water partition coefficient (Wildman–Crippen LogP) is 2.12. The molecule has 2 rings (SSSR count). The fourth-order valence-corrected chi connectivity index (χ4v) is 1.72. The maximum atomic E-state index is 11.5. The number of ether oxygens (including phenoxy) is 1. The first kappa shape index (κ1) is 16.0. The molecule has 0 aliphatic rings. The van der Waals surface area contributed by atoms with E-state index in [4.69, 9.17) is 4.74 Å². The van der Waals surface area contributed by atoms with Crippen LogP contribution in [0.4, 0.5) is 5.69 Å². The SMILES string of the molecule is C=CCOc1ccc(/C=C/c2nc(O)c([N+](=O)[O-])c(=O)[nH]2)cc1. The van der Waals surface area contributed by atoms with Crippen LogP contribution in [0.25, 0.3) is 12.2 Å². The molecule has 1 aromatic heterocycles. The van der Waals surface area contributed by atoms with E-state index in [2.05, 4.69) is 16.5 Å². The summed E-state index contributed by atoms with van der Waals surface area (Å²) in [6.45, 7) is 3.96. The van der Waals surface area contributed by atoms with Gasteiger partial charge in [-0.2, -0.15) is 4.98 Å². The van der Waals surface area contributed by atoms with E-state index >= 15 is 0 Å². The van der Waals surface area contributed by atoms with Crippen LogP contribution in [-0.4, -0.2) is 26.6 Å².